The molecule has 1 atom stereocenters. The van der Waals surface area contributed by atoms with Gasteiger partial charge in [-0.15, -0.1) is 0 Å². The molecule has 9 heteroatoms. The third kappa shape index (κ3) is 3.70. The lowest BCUT2D eigenvalue weighted by molar-refractivity contribution is -0.384. The normalized spacial score (nSPS) is 12.3. The molecule has 0 fully saturated rings. The number of fused-ring (bicyclic) bond motifs is 2. The zero-order chi connectivity index (χ0) is 19.7. The Morgan fingerprint density at radius 3 is 2.82 bits per heavy atom. The number of amides is 1. The number of rotatable bonds is 6. The number of nitro groups is 1. The lowest BCUT2D eigenvalue weighted by Crippen LogP contribution is -2.27. The van der Waals surface area contributed by atoms with E-state index in [1.165, 1.54) is 18.2 Å². The highest BCUT2D eigenvalue weighted by atomic mass is 32.2. The lowest BCUT2D eigenvalue weighted by Gasteiger charge is -2.10. The number of carbonyl (C=O) groups excluding carboxylic acids is 1. The first-order chi connectivity index (χ1) is 13.5. The first-order valence-corrected chi connectivity index (χ1v) is 9.44. The van der Waals surface area contributed by atoms with Gasteiger partial charge >= 0.3 is 0 Å². The Hall–Kier alpha value is -3.33. The van der Waals surface area contributed by atoms with Gasteiger partial charge in [0.2, 0.25) is 5.91 Å². The first-order valence-electron chi connectivity index (χ1n) is 8.45. The molecule has 0 aliphatic carbocycles. The minimum Gasteiger partial charge on any atom is -0.459 e. The smallest absolute Gasteiger partial charge is 0.271 e. The van der Waals surface area contributed by atoms with Gasteiger partial charge in [0, 0.05) is 17.5 Å². The standard InChI is InChI=1S/C19H15N3O5S/c1-11(17-8-12-4-2-3-5-15(12)26-17)20-18(23)10-28-19-21-14-9-13(22(24)25)6-7-16(14)27-19/h2-9,11H,10H2,1H3,(H,20,23). The maximum atomic E-state index is 12.2. The van der Waals surface area contributed by atoms with E-state index in [0.717, 1.165) is 22.7 Å². The van der Waals surface area contributed by atoms with Crippen molar-refractivity contribution >= 4 is 45.4 Å². The number of nitrogens with zero attached hydrogens (tertiary/aromatic N) is 2. The van der Waals surface area contributed by atoms with Crippen molar-refractivity contribution < 1.29 is 18.6 Å². The van der Waals surface area contributed by atoms with Crippen molar-refractivity contribution in [2.24, 2.45) is 0 Å². The summed E-state index contributed by atoms with van der Waals surface area (Å²) in [5, 5.41) is 15.0. The molecule has 142 valence electrons. The molecule has 2 aromatic heterocycles. The number of hydrogen-bond donors (Lipinski definition) is 1. The molecule has 1 amide bonds. The largest absolute Gasteiger partial charge is 0.459 e. The highest BCUT2D eigenvalue weighted by Crippen LogP contribution is 2.27. The van der Waals surface area contributed by atoms with E-state index in [0.29, 0.717) is 16.9 Å². The summed E-state index contributed by atoms with van der Waals surface area (Å²) in [5.74, 6) is 0.569. The fourth-order valence-corrected chi connectivity index (χ4v) is 3.42. The third-order valence-electron chi connectivity index (χ3n) is 4.14. The predicted molar refractivity (Wildman–Crippen MR) is 104 cm³/mol. The summed E-state index contributed by atoms with van der Waals surface area (Å²) < 4.78 is 11.3. The van der Waals surface area contributed by atoms with Gasteiger partial charge in [0.1, 0.15) is 16.9 Å². The predicted octanol–water partition coefficient (Wildman–Crippen LogP) is 4.45. The van der Waals surface area contributed by atoms with Crippen LogP contribution in [0.25, 0.3) is 22.1 Å². The van der Waals surface area contributed by atoms with Gasteiger partial charge in [0.15, 0.2) is 5.58 Å². The zero-order valence-corrected chi connectivity index (χ0v) is 15.6. The second kappa shape index (κ2) is 7.35. The summed E-state index contributed by atoms with van der Waals surface area (Å²) in [7, 11) is 0. The molecule has 4 rings (SSSR count). The number of thioether (sulfide) groups is 1. The molecule has 0 saturated heterocycles. The summed E-state index contributed by atoms with van der Waals surface area (Å²) in [6.07, 6.45) is 0. The second-order valence-electron chi connectivity index (χ2n) is 6.15. The minimum atomic E-state index is -0.492. The Kier molecular flexibility index (Phi) is 4.74. The summed E-state index contributed by atoms with van der Waals surface area (Å²) >= 11 is 1.12. The highest BCUT2D eigenvalue weighted by Gasteiger charge is 2.16. The fraction of sp³-hybridized carbons (Fsp3) is 0.158. The van der Waals surface area contributed by atoms with E-state index < -0.39 is 4.92 Å². The van der Waals surface area contributed by atoms with E-state index in [1.807, 2.05) is 37.3 Å². The summed E-state index contributed by atoms with van der Waals surface area (Å²) in [4.78, 5) is 26.8. The van der Waals surface area contributed by atoms with E-state index in [4.69, 9.17) is 8.83 Å². The van der Waals surface area contributed by atoms with Crippen molar-refractivity contribution in [1.82, 2.24) is 10.3 Å². The number of benzene rings is 2. The number of nitrogens with one attached hydrogen (secondary N) is 1. The maximum absolute atomic E-state index is 12.2. The second-order valence-corrected chi connectivity index (χ2v) is 7.08. The number of oxazole rings is 1. The average molecular weight is 397 g/mol. The molecule has 0 radical (unpaired) electrons. The van der Waals surface area contributed by atoms with Crippen molar-refractivity contribution in [3.05, 3.63) is 64.4 Å². The number of hydrogen-bond acceptors (Lipinski definition) is 7. The van der Waals surface area contributed by atoms with Gasteiger partial charge in [-0.05, 0) is 25.1 Å². The molecule has 0 aliphatic rings. The Labute approximate surface area is 163 Å². The highest BCUT2D eigenvalue weighted by molar-refractivity contribution is 7.99. The van der Waals surface area contributed by atoms with Gasteiger partial charge in [-0.2, -0.15) is 0 Å². The van der Waals surface area contributed by atoms with Crippen molar-refractivity contribution in [3.63, 3.8) is 0 Å². The minimum absolute atomic E-state index is 0.0604. The van der Waals surface area contributed by atoms with E-state index in [9.17, 15) is 14.9 Å². The summed E-state index contributed by atoms with van der Waals surface area (Å²) in [6.45, 7) is 1.85. The van der Waals surface area contributed by atoms with Gasteiger partial charge in [-0.25, -0.2) is 4.98 Å². The summed E-state index contributed by atoms with van der Waals surface area (Å²) in [5.41, 5.74) is 1.53. The van der Waals surface area contributed by atoms with Crippen LogP contribution in [0, 0.1) is 10.1 Å². The quantitative estimate of drug-likeness (QED) is 0.290. The van der Waals surface area contributed by atoms with Crippen LogP contribution in [0.3, 0.4) is 0 Å². The molecule has 2 aromatic carbocycles. The van der Waals surface area contributed by atoms with Crippen LogP contribution in [-0.4, -0.2) is 21.6 Å². The van der Waals surface area contributed by atoms with Crippen molar-refractivity contribution in [3.8, 4) is 0 Å². The van der Waals surface area contributed by atoms with Crippen LogP contribution in [-0.2, 0) is 4.79 Å². The average Bonchev–Trinajstić information content (AvgIpc) is 3.29. The van der Waals surface area contributed by atoms with Gasteiger partial charge in [0.25, 0.3) is 10.9 Å². The fourth-order valence-electron chi connectivity index (χ4n) is 2.77. The SMILES string of the molecule is CC(NC(=O)CSc1nc2cc([N+](=O)[O-])ccc2o1)c1cc2ccccc2o1. The van der Waals surface area contributed by atoms with E-state index in [-0.39, 0.29) is 28.6 Å². The molecule has 4 aromatic rings. The van der Waals surface area contributed by atoms with Crippen LogP contribution < -0.4 is 5.32 Å². The molecule has 0 saturated carbocycles. The summed E-state index contributed by atoms with van der Waals surface area (Å²) in [6, 6.07) is 13.4. The van der Waals surface area contributed by atoms with Crippen LogP contribution in [0.1, 0.15) is 18.7 Å². The van der Waals surface area contributed by atoms with Crippen molar-refractivity contribution in [2.45, 2.75) is 18.2 Å². The Morgan fingerprint density at radius 1 is 1.21 bits per heavy atom. The topological polar surface area (TPSA) is 111 Å². The number of aromatic nitrogens is 1. The number of furan rings is 1. The third-order valence-corrected chi connectivity index (χ3v) is 4.97. The van der Waals surface area contributed by atoms with Crippen LogP contribution in [0.2, 0.25) is 0 Å². The van der Waals surface area contributed by atoms with Gasteiger partial charge in [-0.3, -0.25) is 14.9 Å². The van der Waals surface area contributed by atoms with Gasteiger partial charge in [0.05, 0.1) is 16.7 Å². The first kappa shape index (κ1) is 18.1. The molecule has 0 spiro atoms. The zero-order valence-electron chi connectivity index (χ0n) is 14.7. The Morgan fingerprint density at radius 2 is 2.04 bits per heavy atom. The molecule has 1 N–H and O–H groups in total. The van der Waals surface area contributed by atoms with Crippen LogP contribution in [0.4, 0.5) is 5.69 Å². The molecule has 8 nitrogen and oxygen atoms in total. The molecular weight excluding hydrogens is 382 g/mol. The Bertz CT molecular complexity index is 1150. The monoisotopic (exact) mass is 397 g/mol. The number of para-hydroxylation sites is 1. The number of non-ortho nitro benzene ring substituents is 1. The molecule has 28 heavy (non-hydrogen) atoms. The number of carbonyl (C=O) groups is 1. The van der Waals surface area contributed by atoms with Gasteiger partial charge in [-0.1, -0.05) is 30.0 Å². The molecule has 0 aliphatic heterocycles. The van der Waals surface area contributed by atoms with E-state index in [2.05, 4.69) is 10.3 Å². The van der Waals surface area contributed by atoms with Crippen molar-refractivity contribution in [1.29, 1.82) is 0 Å². The van der Waals surface area contributed by atoms with Crippen LogP contribution >= 0.6 is 11.8 Å². The van der Waals surface area contributed by atoms with Gasteiger partial charge < -0.3 is 14.2 Å². The lowest BCUT2D eigenvalue weighted by atomic mass is 10.2. The van der Waals surface area contributed by atoms with E-state index >= 15 is 0 Å². The Balaban J connectivity index is 1.38. The van der Waals surface area contributed by atoms with E-state index in [1.54, 1.807) is 0 Å². The number of nitro benzene ring substituents is 1. The maximum Gasteiger partial charge on any atom is 0.271 e. The van der Waals surface area contributed by atoms with Crippen LogP contribution in [0.15, 0.2) is 62.6 Å². The van der Waals surface area contributed by atoms with Crippen LogP contribution in [0.5, 0.6) is 0 Å². The molecule has 0 bridgehead atoms. The molecule has 2 heterocycles. The van der Waals surface area contributed by atoms with Crippen molar-refractivity contribution in [2.75, 3.05) is 5.75 Å². The molecular formula is C19H15N3O5S. The molecule has 1 unspecified atom stereocenters.